The minimum absolute atomic E-state index is 0.00470. The second-order valence-electron chi connectivity index (χ2n) is 5.16. The van der Waals surface area contributed by atoms with Gasteiger partial charge in [-0.2, -0.15) is 0 Å². The number of carboxylic acids is 1. The molecule has 0 aliphatic carbocycles. The number of rotatable bonds is 7. The van der Waals surface area contributed by atoms with Crippen LogP contribution in [0.15, 0.2) is 29.6 Å². The Balaban J connectivity index is 1.93. The number of hydrogen-bond acceptors (Lipinski definition) is 5. The molecule has 122 valence electrons. The minimum atomic E-state index is -1.07. The molecule has 0 atom stereocenters. The number of hydrogen-bond donors (Lipinski definition) is 2. The van der Waals surface area contributed by atoms with Gasteiger partial charge in [0.2, 0.25) is 5.91 Å². The molecule has 7 heteroatoms. The molecule has 0 spiro atoms. The van der Waals surface area contributed by atoms with Crippen molar-refractivity contribution in [2.24, 2.45) is 0 Å². The van der Waals surface area contributed by atoms with Gasteiger partial charge in [-0.25, -0.2) is 9.78 Å². The fraction of sp³-hybridized carbons (Fsp3) is 0.312. The van der Waals surface area contributed by atoms with Crippen LogP contribution < -0.4 is 10.1 Å². The zero-order valence-electron chi connectivity index (χ0n) is 12.9. The van der Waals surface area contributed by atoms with Crippen molar-refractivity contribution in [3.05, 3.63) is 45.9 Å². The van der Waals surface area contributed by atoms with Gasteiger partial charge in [0.15, 0.2) is 5.69 Å². The summed E-state index contributed by atoms with van der Waals surface area (Å²) in [5.74, 6) is -0.546. The molecule has 23 heavy (non-hydrogen) atoms. The standard InChI is InChI=1S/C16H18N2O4S/c1-10(2)22-13-6-4-3-5-11(13)7-14(19)17-8-15-18-12(9-23-15)16(20)21/h3-6,9-10H,7-8H2,1-2H3,(H,17,19)(H,20,21). The maximum atomic E-state index is 12.1. The quantitative estimate of drug-likeness (QED) is 0.812. The van der Waals surface area contributed by atoms with Crippen LogP contribution in [0, 0.1) is 0 Å². The summed E-state index contributed by atoms with van der Waals surface area (Å²) in [6.45, 7) is 4.07. The van der Waals surface area contributed by atoms with E-state index in [0.717, 1.165) is 5.56 Å². The zero-order valence-corrected chi connectivity index (χ0v) is 13.7. The number of amides is 1. The molecule has 0 aliphatic heterocycles. The number of carbonyl (C=O) groups excluding carboxylic acids is 1. The predicted molar refractivity (Wildman–Crippen MR) is 86.8 cm³/mol. The monoisotopic (exact) mass is 334 g/mol. The van der Waals surface area contributed by atoms with E-state index in [9.17, 15) is 9.59 Å². The number of nitrogens with one attached hydrogen (secondary N) is 1. The SMILES string of the molecule is CC(C)Oc1ccccc1CC(=O)NCc1nc(C(=O)O)cs1. The number of aromatic nitrogens is 1. The van der Waals surface area contributed by atoms with Crippen LogP contribution in [0.3, 0.4) is 0 Å². The van der Waals surface area contributed by atoms with Crippen LogP contribution in [-0.2, 0) is 17.8 Å². The topological polar surface area (TPSA) is 88.5 Å². The van der Waals surface area contributed by atoms with E-state index in [-0.39, 0.29) is 30.7 Å². The smallest absolute Gasteiger partial charge is 0.355 e. The van der Waals surface area contributed by atoms with Crippen molar-refractivity contribution >= 4 is 23.2 Å². The fourth-order valence-corrected chi connectivity index (χ4v) is 2.63. The molecule has 0 saturated heterocycles. The first kappa shape index (κ1) is 17.0. The largest absolute Gasteiger partial charge is 0.491 e. The molecule has 0 radical (unpaired) electrons. The second kappa shape index (κ2) is 7.73. The average molecular weight is 334 g/mol. The number of benzene rings is 1. The van der Waals surface area contributed by atoms with Gasteiger partial charge in [0.25, 0.3) is 0 Å². The number of aromatic carboxylic acids is 1. The summed E-state index contributed by atoms with van der Waals surface area (Å²) < 4.78 is 5.68. The lowest BCUT2D eigenvalue weighted by Crippen LogP contribution is -2.25. The van der Waals surface area contributed by atoms with Gasteiger partial charge in [-0.15, -0.1) is 11.3 Å². The molecule has 1 aromatic carbocycles. The van der Waals surface area contributed by atoms with Gasteiger partial charge >= 0.3 is 5.97 Å². The Hall–Kier alpha value is -2.41. The lowest BCUT2D eigenvalue weighted by atomic mass is 10.1. The molecule has 1 heterocycles. The first-order valence-electron chi connectivity index (χ1n) is 7.14. The van der Waals surface area contributed by atoms with Crippen molar-refractivity contribution in [1.82, 2.24) is 10.3 Å². The van der Waals surface area contributed by atoms with Crippen molar-refractivity contribution in [2.45, 2.75) is 32.9 Å². The van der Waals surface area contributed by atoms with Gasteiger partial charge in [0, 0.05) is 10.9 Å². The Labute approximate surface area is 138 Å². The number of carboxylic acid groups (broad SMARTS) is 1. The Morgan fingerprint density at radius 3 is 2.74 bits per heavy atom. The second-order valence-corrected chi connectivity index (χ2v) is 6.10. The molecule has 2 rings (SSSR count). The Bertz CT molecular complexity index is 697. The highest BCUT2D eigenvalue weighted by Crippen LogP contribution is 2.20. The van der Waals surface area contributed by atoms with Crippen molar-refractivity contribution in [1.29, 1.82) is 0 Å². The van der Waals surface area contributed by atoms with E-state index < -0.39 is 5.97 Å². The van der Waals surface area contributed by atoms with Crippen molar-refractivity contribution < 1.29 is 19.4 Å². The van der Waals surface area contributed by atoms with E-state index in [0.29, 0.717) is 10.8 Å². The summed E-state index contributed by atoms with van der Waals surface area (Å²) >= 11 is 1.21. The summed E-state index contributed by atoms with van der Waals surface area (Å²) in [4.78, 5) is 26.7. The Kier molecular flexibility index (Phi) is 5.70. The molecule has 6 nitrogen and oxygen atoms in total. The summed E-state index contributed by atoms with van der Waals surface area (Å²) in [5, 5.41) is 13.6. The lowest BCUT2D eigenvalue weighted by Gasteiger charge is -2.13. The molecule has 0 fully saturated rings. The number of nitrogens with zero attached hydrogens (tertiary/aromatic N) is 1. The van der Waals surface area contributed by atoms with Gasteiger partial charge < -0.3 is 15.2 Å². The third-order valence-corrected chi connectivity index (χ3v) is 3.74. The number of carbonyl (C=O) groups is 2. The van der Waals surface area contributed by atoms with Crippen molar-refractivity contribution in [2.75, 3.05) is 0 Å². The van der Waals surface area contributed by atoms with Crippen LogP contribution in [0.25, 0.3) is 0 Å². The number of thiazole rings is 1. The Morgan fingerprint density at radius 2 is 2.09 bits per heavy atom. The molecular formula is C16H18N2O4S. The summed E-state index contributed by atoms with van der Waals surface area (Å²) in [6, 6.07) is 7.41. The first-order chi connectivity index (χ1) is 11.0. The van der Waals surface area contributed by atoms with Crippen LogP contribution >= 0.6 is 11.3 Å². The van der Waals surface area contributed by atoms with Crippen LogP contribution in [0.1, 0.15) is 34.9 Å². The molecule has 2 N–H and O–H groups in total. The third kappa shape index (κ3) is 5.07. The highest BCUT2D eigenvalue weighted by molar-refractivity contribution is 7.09. The van der Waals surface area contributed by atoms with E-state index in [2.05, 4.69) is 10.3 Å². The summed E-state index contributed by atoms with van der Waals surface area (Å²) in [5.41, 5.74) is 0.805. The lowest BCUT2D eigenvalue weighted by molar-refractivity contribution is -0.120. The minimum Gasteiger partial charge on any atom is -0.491 e. The normalized spacial score (nSPS) is 10.6. The van der Waals surface area contributed by atoms with Crippen molar-refractivity contribution in [3.63, 3.8) is 0 Å². The highest BCUT2D eigenvalue weighted by atomic mass is 32.1. The van der Waals surface area contributed by atoms with Crippen molar-refractivity contribution in [3.8, 4) is 5.75 Å². The first-order valence-corrected chi connectivity index (χ1v) is 8.02. The maximum absolute atomic E-state index is 12.1. The van der Waals surface area contributed by atoms with E-state index in [1.54, 1.807) is 0 Å². The van der Waals surface area contributed by atoms with Crippen LogP contribution in [0.5, 0.6) is 5.75 Å². The molecular weight excluding hydrogens is 316 g/mol. The average Bonchev–Trinajstić information content (AvgIpc) is 2.96. The molecule has 1 amide bonds. The van der Waals surface area contributed by atoms with E-state index in [4.69, 9.17) is 9.84 Å². The fourth-order valence-electron chi connectivity index (χ4n) is 1.92. The van der Waals surface area contributed by atoms with Gasteiger partial charge in [0.1, 0.15) is 10.8 Å². The molecule has 0 bridgehead atoms. The predicted octanol–water partition coefficient (Wildman–Crippen LogP) is 2.49. The summed E-state index contributed by atoms with van der Waals surface area (Å²) in [7, 11) is 0. The molecule has 2 aromatic rings. The summed E-state index contributed by atoms with van der Waals surface area (Å²) in [6.07, 6.45) is 0.226. The maximum Gasteiger partial charge on any atom is 0.355 e. The van der Waals surface area contributed by atoms with Gasteiger partial charge in [-0.3, -0.25) is 4.79 Å². The van der Waals surface area contributed by atoms with Crippen LogP contribution in [0.4, 0.5) is 0 Å². The zero-order chi connectivity index (χ0) is 16.8. The number of ether oxygens (including phenoxy) is 1. The highest BCUT2D eigenvalue weighted by Gasteiger charge is 2.12. The number of para-hydroxylation sites is 1. The third-order valence-electron chi connectivity index (χ3n) is 2.89. The molecule has 0 unspecified atom stereocenters. The molecule has 1 aromatic heterocycles. The molecule has 0 saturated carbocycles. The van der Waals surface area contributed by atoms with E-state index in [1.807, 2.05) is 38.1 Å². The molecule has 0 aliphatic rings. The Morgan fingerprint density at radius 1 is 1.35 bits per heavy atom. The van der Waals surface area contributed by atoms with Gasteiger partial charge in [-0.1, -0.05) is 18.2 Å². The van der Waals surface area contributed by atoms with Crippen LogP contribution in [-0.4, -0.2) is 28.1 Å². The van der Waals surface area contributed by atoms with Gasteiger partial charge in [0.05, 0.1) is 19.1 Å². The van der Waals surface area contributed by atoms with Crippen LogP contribution in [0.2, 0.25) is 0 Å². The van der Waals surface area contributed by atoms with E-state index >= 15 is 0 Å². The van der Waals surface area contributed by atoms with Gasteiger partial charge in [-0.05, 0) is 19.9 Å². The van der Waals surface area contributed by atoms with E-state index in [1.165, 1.54) is 16.7 Å².